The predicted octanol–water partition coefficient (Wildman–Crippen LogP) is 2.63. The highest BCUT2D eigenvalue weighted by molar-refractivity contribution is 5.81. The summed E-state index contributed by atoms with van der Waals surface area (Å²) in [6, 6.07) is 12.5. The van der Waals surface area contributed by atoms with Crippen LogP contribution in [0.15, 0.2) is 48.8 Å². The second-order valence-corrected chi connectivity index (χ2v) is 3.97. The summed E-state index contributed by atoms with van der Waals surface area (Å²) in [7, 11) is 2.09. The molecule has 2 heterocycles. The molecule has 0 aliphatic carbocycles. The van der Waals surface area contributed by atoms with E-state index in [2.05, 4.69) is 52.2 Å². The molecule has 80 valence electrons. The van der Waals surface area contributed by atoms with Gasteiger partial charge in [0.1, 0.15) is 0 Å². The Morgan fingerprint density at radius 1 is 1.06 bits per heavy atom. The normalized spacial score (nSPS) is 14.1. The first-order chi connectivity index (χ1) is 7.86. The van der Waals surface area contributed by atoms with Crippen LogP contribution in [0.1, 0.15) is 0 Å². The summed E-state index contributed by atoms with van der Waals surface area (Å²) >= 11 is 0. The van der Waals surface area contributed by atoms with E-state index in [1.807, 2.05) is 18.5 Å². The zero-order valence-electron chi connectivity index (χ0n) is 9.17. The largest absolute Gasteiger partial charge is 0.354 e. The fourth-order valence-electron chi connectivity index (χ4n) is 2.09. The number of hydrogen-bond donors (Lipinski definition) is 0. The summed E-state index contributed by atoms with van der Waals surface area (Å²) in [4.78, 5) is 8.66. The third-order valence-corrected chi connectivity index (χ3v) is 2.90. The van der Waals surface area contributed by atoms with E-state index in [0.29, 0.717) is 0 Å². The Morgan fingerprint density at radius 3 is 2.69 bits per heavy atom. The average molecular weight is 211 g/mol. The lowest BCUT2D eigenvalue weighted by molar-refractivity contribution is 0.949. The van der Waals surface area contributed by atoms with Crippen LogP contribution in [0, 0.1) is 0 Å². The number of benzene rings is 1. The summed E-state index contributed by atoms with van der Waals surface area (Å²) in [5.74, 6) is 0. The van der Waals surface area contributed by atoms with E-state index in [0.717, 1.165) is 6.67 Å². The van der Waals surface area contributed by atoms with E-state index < -0.39 is 0 Å². The Labute approximate surface area is 95.0 Å². The number of anilines is 3. The van der Waals surface area contributed by atoms with Crippen LogP contribution in [0.2, 0.25) is 0 Å². The number of hydrogen-bond acceptors (Lipinski definition) is 3. The number of nitrogens with zero attached hydrogens (tertiary/aromatic N) is 3. The van der Waals surface area contributed by atoms with Gasteiger partial charge in [-0.2, -0.15) is 0 Å². The lowest BCUT2D eigenvalue weighted by Crippen LogP contribution is -2.23. The van der Waals surface area contributed by atoms with Gasteiger partial charge in [-0.05, 0) is 18.2 Å². The molecule has 0 radical (unpaired) electrons. The van der Waals surface area contributed by atoms with E-state index in [-0.39, 0.29) is 0 Å². The van der Waals surface area contributed by atoms with Crippen LogP contribution >= 0.6 is 0 Å². The third kappa shape index (κ3) is 1.33. The molecule has 0 N–H and O–H groups in total. The van der Waals surface area contributed by atoms with Gasteiger partial charge in [0.15, 0.2) is 0 Å². The first kappa shape index (κ1) is 9.21. The second kappa shape index (κ2) is 3.52. The minimum Gasteiger partial charge on any atom is -0.354 e. The van der Waals surface area contributed by atoms with Crippen molar-refractivity contribution in [2.45, 2.75) is 0 Å². The van der Waals surface area contributed by atoms with Crippen molar-refractivity contribution in [3.05, 3.63) is 48.8 Å². The molecule has 0 spiro atoms. The fourth-order valence-corrected chi connectivity index (χ4v) is 2.09. The standard InChI is InChI=1S/C13H13N3/c1-15-10-16(11-5-3-2-4-6-11)12-7-8-14-9-13(12)15/h2-9H,10H2,1H3. The van der Waals surface area contributed by atoms with Gasteiger partial charge in [0.25, 0.3) is 0 Å². The zero-order chi connectivity index (χ0) is 11.0. The molecule has 0 saturated heterocycles. The molecule has 0 bridgehead atoms. The van der Waals surface area contributed by atoms with Gasteiger partial charge in [0.05, 0.1) is 24.2 Å². The Kier molecular flexibility index (Phi) is 2.03. The molecule has 1 aromatic carbocycles. The summed E-state index contributed by atoms with van der Waals surface area (Å²) < 4.78 is 0. The van der Waals surface area contributed by atoms with Crippen LogP contribution in [0.4, 0.5) is 17.1 Å². The van der Waals surface area contributed by atoms with Gasteiger partial charge in [0.2, 0.25) is 0 Å². The topological polar surface area (TPSA) is 19.4 Å². The number of rotatable bonds is 1. The summed E-state index contributed by atoms with van der Waals surface area (Å²) in [5.41, 5.74) is 3.63. The minimum absolute atomic E-state index is 0.880. The van der Waals surface area contributed by atoms with Crippen molar-refractivity contribution in [1.82, 2.24) is 4.98 Å². The summed E-state index contributed by atoms with van der Waals surface area (Å²) in [6.07, 6.45) is 3.76. The molecule has 3 rings (SSSR count). The van der Waals surface area contributed by atoms with Gasteiger partial charge in [-0.25, -0.2) is 0 Å². The van der Waals surface area contributed by atoms with Crippen LogP contribution in [0.25, 0.3) is 0 Å². The molecule has 1 aromatic heterocycles. The number of fused-ring (bicyclic) bond motifs is 1. The van der Waals surface area contributed by atoms with Crippen LogP contribution in [0.5, 0.6) is 0 Å². The van der Waals surface area contributed by atoms with Gasteiger partial charge in [0, 0.05) is 18.9 Å². The van der Waals surface area contributed by atoms with Crippen molar-refractivity contribution in [3.63, 3.8) is 0 Å². The first-order valence-electron chi connectivity index (χ1n) is 5.34. The molecular formula is C13H13N3. The van der Waals surface area contributed by atoms with Gasteiger partial charge in [-0.3, -0.25) is 4.98 Å². The quantitative estimate of drug-likeness (QED) is 0.722. The van der Waals surface area contributed by atoms with E-state index >= 15 is 0 Å². The van der Waals surface area contributed by atoms with E-state index in [1.165, 1.54) is 17.1 Å². The highest BCUT2D eigenvalue weighted by Gasteiger charge is 2.23. The Morgan fingerprint density at radius 2 is 1.88 bits per heavy atom. The molecule has 0 atom stereocenters. The maximum atomic E-state index is 4.17. The molecular weight excluding hydrogens is 198 g/mol. The van der Waals surface area contributed by atoms with Crippen molar-refractivity contribution in [2.24, 2.45) is 0 Å². The highest BCUT2D eigenvalue weighted by atomic mass is 15.4. The number of aromatic nitrogens is 1. The van der Waals surface area contributed by atoms with Crippen molar-refractivity contribution in [3.8, 4) is 0 Å². The molecule has 3 heteroatoms. The van der Waals surface area contributed by atoms with E-state index in [4.69, 9.17) is 0 Å². The second-order valence-electron chi connectivity index (χ2n) is 3.97. The molecule has 0 fully saturated rings. The lowest BCUT2D eigenvalue weighted by Gasteiger charge is -2.19. The first-order valence-corrected chi connectivity index (χ1v) is 5.34. The Hall–Kier alpha value is -2.03. The Balaban J connectivity index is 2.07. The molecule has 3 nitrogen and oxygen atoms in total. The monoisotopic (exact) mass is 211 g/mol. The van der Waals surface area contributed by atoms with E-state index in [1.54, 1.807) is 0 Å². The molecule has 1 aliphatic rings. The average Bonchev–Trinajstić information content (AvgIpc) is 2.69. The lowest BCUT2D eigenvalue weighted by atomic mass is 10.2. The van der Waals surface area contributed by atoms with Crippen LogP contribution in [0.3, 0.4) is 0 Å². The zero-order valence-corrected chi connectivity index (χ0v) is 9.17. The molecule has 0 saturated carbocycles. The minimum atomic E-state index is 0.880. The smallest absolute Gasteiger partial charge is 0.0950 e. The van der Waals surface area contributed by atoms with Crippen LogP contribution in [-0.4, -0.2) is 18.7 Å². The maximum absolute atomic E-state index is 4.17. The molecule has 0 unspecified atom stereocenters. The number of para-hydroxylation sites is 1. The SMILES string of the molecule is CN1CN(c2ccccc2)c2ccncc21. The third-order valence-electron chi connectivity index (χ3n) is 2.90. The molecule has 1 aliphatic heterocycles. The van der Waals surface area contributed by atoms with Crippen molar-refractivity contribution in [2.75, 3.05) is 23.5 Å². The van der Waals surface area contributed by atoms with Gasteiger partial charge in [-0.15, -0.1) is 0 Å². The molecule has 16 heavy (non-hydrogen) atoms. The Bertz CT molecular complexity index is 496. The van der Waals surface area contributed by atoms with Crippen molar-refractivity contribution >= 4 is 17.1 Å². The predicted molar refractivity (Wildman–Crippen MR) is 66.1 cm³/mol. The van der Waals surface area contributed by atoms with Crippen molar-refractivity contribution < 1.29 is 0 Å². The van der Waals surface area contributed by atoms with Gasteiger partial charge < -0.3 is 9.80 Å². The highest BCUT2D eigenvalue weighted by Crippen LogP contribution is 2.38. The van der Waals surface area contributed by atoms with Crippen LogP contribution in [-0.2, 0) is 0 Å². The summed E-state index contributed by atoms with van der Waals surface area (Å²) in [5, 5.41) is 0. The summed E-state index contributed by atoms with van der Waals surface area (Å²) in [6.45, 7) is 0.880. The van der Waals surface area contributed by atoms with Gasteiger partial charge >= 0.3 is 0 Å². The van der Waals surface area contributed by atoms with E-state index in [9.17, 15) is 0 Å². The number of pyridine rings is 1. The van der Waals surface area contributed by atoms with Crippen LogP contribution < -0.4 is 9.80 Å². The van der Waals surface area contributed by atoms with Crippen molar-refractivity contribution in [1.29, 1.82) is 0 Å². The molecule has 0 amide bonds. The van der Waals surface area contributed by atoms with Gasteiger partial charge in [-0.1, -0.05) is 18.2 Å². The maximum Gasteiger partial charge on any atom is 0.0950 e. The molecule has 2 aromatic rings. The fraction of sp³-hybridized carbons (Fsp3) is 0.154.